The van der Waals surface area contributed by atoms with E-state index in [1.165, 1.54) is 26.2 Å². The van der Waals surface area contributed by atoms with Crippen molar-refractivity contribution < 1.29 is 17.6 Å². The number of rotatable bonds is 6. The van der Waals surface area contributed by atoms with Crippen LogP contribution in [0, 0.1) is 5.82 Å². The first-order valence-electron chi connectivity index (χ1n) is 9.32. The van der Waals surface area contributed by atoms with Gasteiger partial charge in [0.2, 0.25) is 5.91 Å². The van der Waals surface area contributed by atoms with Crippen LogP contribution < -0.4 is 9.21 Å². The minimum atomic E-state index is -3.81. The molecule has 1 fully saturated rings. The number of hydrogen-bond acceptors (Lipinski definition) is 4. The first-order valence-corrected chi connectivity index (χ1v) is 10.7. The molecule has 0 spiro atoms. The summed E-state index contributed by atoms with van der Waals surface area (Å²) < 4.78 is 40.8. The van der Waals surface area contributed by atoms with Crippen molar-refractivity contribution in [2.75, 3.05) is 56.0 Å². The zero-order chi connectivity index (χ0) is 21.0. The summed E-state index contributed by atoms with van der Waals surface area (Å²) in [5.74, 6) is -0.538. The number of para-hydroxylation sites is 1. The largest absolute Gasteiger partial charge is 0.368 e. The maximum atomic E-state index is 13.1. The first kappa shape index (κ1) is 21.1. The number of benzene rings is 2. The minimum absolute atomic E-state index is 0.252. The Morgan fingerprint density at radius 3 is 2.10 bits per heavy atom. The highest BCUT2D eigenvalue weighted by Crippen LogP contribution is 2.20. The molecule has 9 heteroatoms. The average molecular weight is 421 g/mol. The van der Waals surface area contributed by atoms with Gasteiger partial charge in [-0.25, -0.2) is 8.70 Å². The van der Waals surface area contributed by atoms with Gasteiger partial charge in [0.25, 0.3) is 0 Å². The number of anilines is 2. The molecule has 156 valence electrons. The first-order chi connectivity index (χ1) is 13.8. The van der Waals surface area contributed by atoms with Gasteiger partial charge in [-0.1, -0.05) is 18.2 Å². The molecule has 0 unspecified atom stereocenters. The number of amides is 1. The summed E-state index contributed by atoms with van der Waals surface area (Å²) in [5.41, 5.74) is 1.35. The summed E-state index contributed by atoms with van der Waals surface area (Å²) in [7, 11) is -0.927. The lowest BCUT2D eigenvalue weighted by molar-refractivity contribution is -0.129. The monoisotopic (exact) mass is 420 g/mol. The van der Waals surface area contributed by atoms with E-state index in [0.29, 0.717) is 31.9 Å². The molecule has 29 heavy (non-hydrogen) atoms. The predicted octanol–water partition coefficient (Wildman–Crippen LogP) is 1.79. The average Bonchev–Trinajstić information content (AvgIpc) is 2.73. The Kier molecular flexibility index (Phi) is 6.39. The van der Waals surface area contributed by atoms with Gasteiger partial charge >= 0.3 is 10.2 Å². The van der Waals surface area contributed by atoms with Crippen molar-refractivity contribution in [3.05, 3.63) is 60.4 Å². The molecule has 0 bridgehead atoms. The fourth-order valence-electron chi connectivity index (χ4n) is 3.19. The molecule has 0 aromatic heterocycles. The van der Waals surface area contributed by atoms with Gasteiger partial charge in [0.1, 0.15) is 12.4 Å². The summed E-state index contributed by atoms with van der Waals surface area (Å²) in [6.45, 7) is 1.88. The van der Waals surface area contributed by atoms with Gasteiger partial charge in [-0.15, -0.1) is 0 Å². The number of piperazine rings is 1. The molecular weight excluding hydrogens is 395 g/mol. The van der Waals surface area contributed by atoms with E-state index >= 15 is 0 Å². The zero-order valence-electron chi connectivity index (χ0n) is 16.5. The molecule has 2 aromatic rings. The van der Waals surface area contributed by atoms with Crippen LogP contribution in [0.25, 0.3) is 0 Å². The lowest BCUT2D eigenvalue weighted by Gasteiger charge is -2.37. The molecule has 0 saturated carbocycles. The summed E-state index contributed by atoms with van der Waals surface area (Å²) in [6.07, 6.45) is 0. The van der Waals surface area contributed by atoms with E-state index in [1.807, 2.05) is 0 Å². The second kappa shape index (κ2) is 8.79. The van der Waals surface area contributed by atoms with Crippen molar-refractivity contribution in [3.8, 4) is 0 Å². The Morgan fingerprint density at radius 2 is 1.55 bits per heavy atom. The maximum Gasteiger partial charge on any atom is 0.304 e. The van der Waals surface area contributed by atoms with Gasteiger partial charge in [0, 0.05) is 46.0 Å². The number of hydrogen-bond donors (Lipinski definition) is 0. The molecule has 1 heterocycles. The third-order valence-corrected chi connectivity index (χ3v) is 6.71. The van der Waals surface area contributed by atoms with E-state index in [-0.39, 0.29) is 18.3 Å². The molecular formula is C20H25FN4O3S. The Bertz CT molecular complexity index is 928. The topological polar surface area (TPSA) is 64.2 Å². The second-order valence-electron chi connectivity index (χ2n) is 6.98. The highest BCUT2D eigenvalue weighted by atomic mass is 32.2. The molecule has 3 rings (SSSR count). The third-order valence-electron chi connectivity index (χ3n) is 4.89. The lowest BCUT2D eigenvalue weighted by Crippen LogP contribution is -2.53. The number of carbonyl (C=O) groups is 1. The van der Waals surface area contributed by atoms with Crippen LogP contribution in [0.4, 0.5) is 15.8 Å². The molecule has 0 atom stereocenters. The van der Waals surface area contributed by atoms with Crippen LogP contribution in [0.15, 0.2) is 54.6 Å². The molecule has 1 aliphatic heterocycles. The second-order valence-corrected chi connectivity index (χ2v) is 9.04. The highest BCUT2D eigenvalue weighted by Gasteiger charge is 2.30. The Balaban J connectivity index is 1.68. The molecule has 7 nitrogen and oxygen atoms in total. The third kappa shape index (κ3) is 4.86. The molecule has 0 radical (unpaired) electrons. The number of carbonyl (C=O) groups excluding carboxylic acids is 1. The number of halogens is 1. The van der Waals surface area contributed by atoms with Crippen LogP contribution in [-0.4, -0.2) is 70.3 Å². The van der Waals surface area contributed by atoms with Crippen molar-refractivity contribution >= 4 is 27.5 Å². The molecule has 2 aromatic carbocycles. The molecule has 1 amide bonds. The summed E-state index contributed by atoms with van der Waals surface area (Å²) in [6, 6.07) is 14.9. The summed E-state index contributed by atoms with van der Waals surface area (Å²) in [5, 5.41) is 0. The summed E-state index contributed by atoms with van der Waals surface area (Å²) >= 11 is 0. The van der Waals surface area contributed by atoms with E-state index in [1.54, 1.807) is 47.4 Å². The van der Waals surface area contributed by atoms with Crippen LogP contribution >= 0.6 is 0 Å². The predicted molar refractivity (Wildman–Crippen MR) is 112 cm³/mol. The van der Waals surface area contributed by atoms with Gasteiger partial charge in [0.15, 0.2) is 0 Å². The normalized spacial score (nSPS) is 14.9. The van der Waals surface area contributed by atoms with E-state index in [9.17, 15) is 17.6 Å². The van der Waals surface area contributed by atoms with E-state index in [2.05, 4.69) is 4.90 Å². The molecule has 0 aliphatic carbocycles. The van der Waals surface area contributed by atoms with E-state index < -0.39 is 10.2 Å². The standard InChI is InChI=1S/C20H25FN4O3S/c1-22(2)29(27,28)25(19-6-4-3-5-7-19)16-20(26)24-14-12-23(13-15-24)18-10-8-17(21)9-11-18/h3-11H,12-16H2,1-2H3. The molecule has 0 N–H and O–H groups in total. The zero-order valence-corrected chi connectivity index (χ0v) is 17.3. The van der Waals surface area contributed by atoms with Crippen molar-refractivity contribution in [2.24, 2.45) is 0 Å². The van der Waals surface area contributed by atoms with Gasteiger partial charge in [-0.05, 0) is 36.4 Å². The molecule has 1 aliphatic rings. The van der Waals surface area contributed by atoms with Crippen LogP contribution in [0.5, 0.6) is 0 Å². The SMILES string of the molecule is CN(C)S(=O)(=O)N(CC(=O)N1CCN(c2ccc(F)cc2)CC1)c1ccccc1. The van der Waals surface area contributed by atoms with Crippen LogP contribution in [0.1, 0.15) is 0 Å². The van der Waals surface area contributed by atoms with Crippen LogP contribution in [0.2, 0.25) is 0 Å². The van der Waals surface area contributed by atoms with Gasteiger partial charge < -0.3 is 9.80 Å². The lowest BCUT2D eigenvalue weighted by atomic mass is 10.2. The van der Waals surface area contributed by atoms with Crippen LogP contribution in [0.3, 0.4) is 0 Å². The van der Waals surface area contributed by atoms with Crippen molar-refractivity contribution in [2.45, 2.75) is 0 Å². The molecule has 1 saturated heterocycles. The van der Waals surface area contributed by atoms with Crippen molar-refractivity contribution in [1.82, 2.24) is 9.21 Å². The fourth-order valence-corrected chi connectivity index (χ4v) is 4.24. The highest BCUT2D eigenvalue weighted by molar-refractivity contribution is 7.90. The van der Waals surface area contributed by atoms with Gasteiger partial charge in [-0.2, -0.15) is 12.7 Å². The van der Waals surface area contributed by atoms with Gasteiger partial charge in [0.05, 0.1) is 5.69 Å². The smallest absolute Gasteiger partial charge is 0.304 e. The fraction of sp³-hybridized carbons (Fsp3) is 0.350. The van der Waals surface area contributed by atoms with Gasteiger partial charge in [-0.3, -0.25) is 4.79 Å². The van der Waals surface area contributed by atoms with E-state index in [4.69, 9.17) is 0 Å². The van der Waals surface area contributed by atoms with E-state index in [0.717, 1.165) is 14.3 Å². The number of nitrogens with zero attached hydrogens (tertiary/aromatic N) is 4. The summed E-state index contributed by atoms with van der Waals surface area (Å²) in [4.78, 5) is 16.6. The van der Waals surface area contributed by atoms with Crippen molar-refractivity contribution in [1.29, 1.82) is 0 Å². The van der Waals surface area contributed by atoms with Crippen LogP contribution in [-0.2, 0) is 15.0 Å². The quantitative estimate of drug-likeness (QED) is 0.715. The van der Waals surface area contributed by atoms with Crippen molar-refractivity contribution in [3.63, 3.8) is 0 Å². The minimum Gasteiger partial charge on any atom is -0.368 e. The Morgan fingerprint density at radius 1 is 0.966 bits per heavy atom. The Labute approximate surface area is 171 Å². The Hall–Kier alpha value is -2.65. The maximum absolute atomic E-state index is 13.1.